The SMILES string of the molecule is CCNC(=NCC(C)(O)c1ccco1)NCCCCOCCc1ccccc1.I. The Morgan fingerprint density at radius 1 is 1.10 bits per heavy atom. The average Bonchev–Trinajstić information content (AvgIpc) is 3.25. The van der Waals surface area contributed by atoms with E-state index in [0.29, 0.717) is 11.7 Å². The van der Waals surface area contributed by atoms with Crippen molar-refractivity contribution in [2.45, 2.75) is 38.7 Å². The Morgan fingerprint density at radius 3 is 2.59 bits per heavy atom. The molecule has 0 saturated heterocycles. The van der Waals surface area contributed by atoms with E-state index in [1.54, 1.807) is 25.3 Å². The zero-order chi connectivity index (χ0) is 20.1. The smallest absolute Gasteiger partial charge is 0.191 e. The Balaban J connectivity index is 0.00000420. The molecule has 1 heterocycles. The van der Waals surface area contributed by atoms with Crippen LogP contribution in [-0.2, 0) is 16.8 Å². The van der Waals surface area contributed by atoms with Gasteiger partial charge in [0.1, 0.15) is 11.4 Å². The van der Waals surface area contributed by atoms with Crippen LogP contribution in [0.4, 0.5) is 0 Å². The fraction of sp³-hybridized carbons (Fsp3) is 0.500. The summed E-state index contributed by atoms with van der Waals surface area (Å²) in [6.07, 6.45) is 4.49. The van der Waals surface area contributed by atoms with Gasteiger partial charge in [-0.25, -0.2) is 4.99 Å². The molecule has 0 fully saturated rings. The predicted octanol–water partition coefficient (Wildman–Crippen LogP) is 3.70. The zero-order valence-corrected chi connectivity index (χ0v) is 19.7. The number of hydrogen-bond acceptors (Lipinski definition) is 4. The van der Waals surface area contributed by atoms with Crippen LogP contribution in [0.5, 0.6) is 0 Å². The molecule has 1 atom stereocenters. The normalized spacial score (nSPS) is 13.4. The van der Waals surface area contributed by atoms with Crippen LogP contribution in [0.3, 0.4) is 0 Å². The van der Waals surface area contributed by atoms with Gasteiger partial charge < -0.3 is 24.9 Å². The largest absolute Gasteiger partial charge is 0.466 e. The van der Waals surface area contributed by atoms with E-state index in [4.69, 9.17) is 9.15 Å². The summed E-state index contributed by atoms with van der Waals surface area (Å²) in [5.74, 6) is 1.21. The molecule has 2 aromatic rings. The van der Waals surface area contributed by atoms with Gasteiger partial charge in [-0.05, 0) is 50.8 Å². The summed E-state index contributed by atoms with van der Waals surface area (Å²) in [5.41, 5.74) is 0.180. The summed E-state index contributed by atoms with van der Waals surface area (Å²) >= 11 is 0. The van der Waals surface area contributed by atoms with Crippen LogP contribution in [0, 0.1) is 0 Å². The van der Waals surface area contributed by atoms with E-state index in [-0.39, 0.29) is 30.5 Å². The number of rotatable bonds is 12. The number of benzene rings is 1. The highest BCUT2D eigenvalue weighted by molar-refractivity contribution is 14.0. The molecule has 1 unspecified atom stereocenters. The topological polar surface area (TPSA) is 79.0 Å². The van der Waals surface area contributed by atoms with E-state index in [2.05, 4.69) is 39.9 Å². The first-order valence-electron chi connectivity index (χ1n) is 10.0. The van der Waals surface area contributed by atoms with E-state index < -0.39 is 5.60 Å². The van der Waals surface area contributed by atoms with Gasteiger partial charge in [-0.3, -0.25) is 0 Å². The van der Waals surface area contributed by atoms with Crippen LogP contribution in [0.1, 0.15) is 38.0 Å². The Hall–Kier alpha value is -1.58. The zero-order valence-electron chi connectivity index (χ0n) is 17.4. The average molecular weight is 515 g/mol. The van der Waals surface area contributed by atoms with Crippen molar-refractivity contribution >= 4 is 29.9 Å². The summed E-state index contributed by atoms with van der Waals surface area (Å²) in [6.45, 7) is 7.01. The van der Waals surface area contributed by atoms with E-state index in [1.807, 2.05) is 13.0 Å². The standard InChI is InChI=1S/C22H33N3O3.HI/c1-3-23-21(25-18-22(2,26)20-12-9-16-28-20)24-14-7-8-15-27-17-13-19-10-5-4-6-11-19;/h4-6,9-12,16,26H,3,7-8,13-15,17-18H2,1-2H3,(H2,23,24,25);1H. The molecular formula is C22H34IN3O3. The van der Waals surface area contributed by atoms with Crippen molar-refractivity contribution in [2.75, 3.05) is 32.8 Å². The number of aliphatic imine (C=N–C) groups is 1. The van der Waals surface area contributed by atoms with Crippen molar-refractivity contribution in [3.05, 3.63) is 60.1 Å². The maximum atomic E-state index is 10.5. The highest BCUT2D eigenvalue weighted by Gasteiger charge is 2.25. The number of ether oxygens (including phenoxy) is 1. The van der Waals surface area contributed by atoms with Crippen LogP contribution in [-0.4, -0.2) is 43.9 Å². The van der Waals surface area contributed by atoms with Crippen LogP contribution in [0.15, 0.2) is 58.1 Å². The van der Waals surface area contributed by atoms with Crippen molar-refractivity contribution < 1.29 is 14.3 Å². The van der Waals surface area contributed by atoms with E-state index in [0.717, 1.165) is 45.6 Å². The highest BCUT2D eigenvalue weighted by Crippen LogP contribution is 2.20. The lowest BCUT2D eigenvalue weighted by Gasteiger charge is -2.19. The second-order valence-electron chi connectivity index (χ2n) is 6.93. The lowest BCUT2D eigenvalue weighted by molar-refractivity contribution is 0.0437. The maximum Gasteiger partial charge on any atom is 0.191 e. The second kappa shape index (κ2) is 14.4. The number of unbranched alkanes of at least 4 members (excludes halogenated alkanes) is 1. The minimum Gasteiger partial charge on any atom is -0.466 e. The first-order valence-corrected chi connectivity index (χ1v) is 10.0. The number of guanidine groups is 1. The van der Waals surface area contributed by atoms with Gasteiger partial charge in [-0.15, -0.1) is 24.0 Å². The molecule has 0 aliphatic rings. The Kier molecular flexibility index (Phi) is 12.6. The van der Waals surface area contributed by atoms with Crippen LogP contribution in [0.2, 0.25) is 0 Å². The number of nitrogens with zero attached hydrogens (tertiary/aromatic N) is 1. The van der Waals surface area contributed by atoms with E-state index in [9.17, 15) is 5.11 Å². The van der Waals surface area contributed by atoms with Gasteiger partial charge >= 0.3 is 0 Å². The second-order valence-corrected chi connectivity index (χ2v) is 6.93. The predicted molar refractivity (Wildman–Crippen MR) is 128 cm³/mol. The third-order valence-corrected chi connectivity index (χ3v) is 4.33. The quantitative estimate of drug-likeness (QED) is 0.174. The van der Waals surface area contributed by atoms with Crippen LogP contribution in [0.25, 0.3) is 0 Å². The van der Waals surface area contributed by atoms with E-state index in [1.165, 1.54) is 5.56 Å². The van der Waals surface area contributed by atoms with Gasteiger partial charge in [0, 0.05) is 19.7 Å². The molecule has 1 aromatic heterocycles. The molecule has 6 nitrogen and oxygen atoms in total. The third kappa shape index (κ3) is 10.1. The van der Waals surface area contributed by atoms with Gasteiger partial charge in [0.15, 0.2) is 5.96 Å². The molecule has 0 radical (unpaired) electrons. The summed E-state index contributed by atoms with van der Waals surface area (Å²) in [6, 6.07) is 13.9. The fourth-order valence-electron chi connectivity index (χ4n) is 2.71. The number of aliphatic hydroxyl groups is 1. The van der Waals surface area contributed by atoms with Crippen molar-refractivity contribution in [2.24, 2.45) is 4.99 Å². The molecule has 3 N–H and O–H groups in total. The number of nitrogens with one attached hydrogen (secondary N) is 2. The summed E-state index contributed by atoms with van der Waals surface area (Å²) in [7, 11) is 0. The highest BCUT2D eigenvalue weighted by atomic mass is 127. The molecule has 1 aromatic carbocycles. The number of halogens is 1. The summed E-state index contributed by atoms with van der Waals surface area (Å²) in [4.78, 5) is 4.48. The first-order chi connectivity index (χ1) is 13.6. The first kappa shape index (κ1) is 25.5. The van der Waals surface area contributed by atoms with Crippen LogP contribution < -0.4 is 10.6 Å². The Morgan fingerprint density at radius 2 is 1.90 bits per heavy atom. The van der Waals surface area contributed by atoms with Crippen molar-refractivity contribution in [3.63, 3.8) is 0 Å². The lowest BCUT2D eigenvalue weighted by atomic mass is 10.0. The monoisotopic (exact) mass is 515 g/mol. The molecule has 0 bridgehead atoms. The molecule has 162 valence electrons. The molecule has 0 saturated carbocycles. The maximum absolute atomic E-state index is 10.5. The molecule has 0 spiro atoms. The minimum atomic E-state index is -1.13. The minimum absolute atomic E-state index is 0. The van der Waals surface area contributed by atoms with Gasteiger partial charge in [-0.2, -0.15) is 0 Å². The summed E-state index contributed by atoms with van der Waals surface area (Å²) in [5, 5.41) is 17.0. The van der Waals surface area contributed by atoms with Crippen molar-refractivity contribution in [1.29, 1.82) is 0 Å². The number of furan rings is 1. The van der Waals surface area contributed by atoms with Gasteiger partial charge in [-0.1, -0.05) is 30.3 Å². The molecule has 0 amide bonds. The van der Waals surface area contributed by atoms with Gasteiger partial charge in [0.2, 0.25) is 0 Å². The molecule has 7 heteroatoms. The number of hydrogen-bond donors (Lipinski definition) is 3. The van der Waals surface area contributed by atoms with Gasteiger partial charge in [0.05, 0.1) is 19.4 Å². The molecule has 29 heavy (non-hydrogen) atoms. The van der Waals surface area contributed by atoms with E-state index >= 15 is 0 Å². The van der Waals surface area contributed by atoms with Gasteiger partial charge in [0.25, 0.3) is 0 Å². The fourth-order valence-corrected chi connectivity index (χ4v) is 2.71. The Labute approximate surface area is 191 Å². The lowest BCUT2D eigenvalue weighted by Crippen LogP contribution is -2.39. The molecule has 2 rings (SSSR count). The molecular weight excluding hydrogens is 481 g/mol. The third-order valence-electron chi connectivity index (χ3n) is 4.33. The van der Waals surface area contributed by atoms with Crippen LogP contribution >= 0.6 is 24.0 Å². The van der Waals surface area contributed by atoms with Crippen molar-refractivity contribution in [1.82, 2.24) is 10.6 Å². The van der Waals surface area contributed by atoms with Crippen molar-refractivity contribution in [3.8, 4) is 0 Å². The molecule has 0 aliphatic carbocycles. The molecule has 0 aliphatic heterocycles. The summed E-state index contributed by atoms with van der Waals surface area (Å²) < 4.78 is 11.0. The Bertz CT molecular complexity index is 676.